The highest BCUT2D eigenvalue weighted by atomic mass is 79.9. The number of carbonyl (C=O) groups is 2. The Kier molecular flexibility index (Phi) is 6.53. The van der Waals surface area contributed by atoms with Gasteiger partial charge >= 0.3 is 5.97 Å². The number of hydrogen-bond acceptors (Lipinski definition) is 4. The number of aliphatic hydroxyl groups is 1. The highest BCUT2D eigenvalue weighted by Crippen LogP contribution is 2.50. The SMILES string of the molecule is CC(C)(C)OC(=O)[C@@]1(F)[C@H](c2ccccc2)CC(=O)C[C@]1(O)/C=C/c1cccc(Br)c1. The number of Topliss-reactive ketones (excluding diaryl/α,β-unsaturated/α-hetero) is 1. The molecular weight excluding hydrogens is 463 g/mol. The van der Waals surface area contributed by atoms with Crippen molar-refractivity contribution in [2.24, 2.45) is 0 Å². The number of rotatable bonds is 4. The summed E-state index contributed by atoms with van der Waals surface area (Å²) in [6.45, 7) is 4.91. The van der Waals surface area contributed by atoms with Gasteiger partial charge in [0.15, 0.2) is 0 Å². The van der Waals surface area contributed by atoms with Gasteiger partial charge in [-0.05, 0) is 50.1 Å². The Labute approximate surface area is 190 Å². The fourth-order valence-electron chi connectivity index (χ4n) is 3.90. The van der Waals surface area contributed by atoms with Crippen LogP contribution in [0.1, 0.15) is 50.7 Å². The van der Waals surface area contributed by atoms with Crippen LogP contribution < -0.4 is 0 Å². The van der Waals surface area contributed by atoms with Crippen LogP contribution in [0.15, 0.2) is 65.1 Å². The van der Waals surface area contributed by atoms with Gasteiger partial charge in [0.2, 0.25) is 5.67 Å². The predicted octanol–water partition coefficient (Wildman–Crippen LogP) is 5.39. The molecule has 0 aromatic heterocycles. The predicted molar refractivity (Wildman–Crippen MR) is 121 cm³/mol. The van der Waals surface area contributed by atoms with Crippen LogP contribution in [0.5, 0.6) is 0 Å². The molecule has 0 radical (unpaired) electrons. The van der Waals surface area contributed by atoms with Crippen LogP contribution in [0.3, 0.4) is 0 Å². The first-order valence-electron chi connectivity index (χ1n) is 10.1. The maximum Gasteiger partial charge on any atom is 0.348 e. The van der Waals surface area contributed by atoms with E-state index in [1.165, 1.54) is 12.2 Å². The second kappa shape index (κ2) is 8.67. The molecule has 1 aliphatic rings. The van der Waals surface area contributed by atoms with Crippen molar-refractivity contribution >= 4 is 33.8 Å². The number of ether oxygens (including phenoxy) is 1. The van der Waals surface area contributed by atoms with Crippen molar-refractivity contribution in [1.82, 2.24) is 0 Å². The summed E-state index contributed by atoms with van der Waals surface area (Å²) < 4.78 is 23.1. The van der Waals surface area contributed by atoms with Crippen LogP contribution in [0.25, 0.3) is 6.08 Å². The minimum Gasteiger partial charge on any atom is -0.457 e. The fraction of sp³-hybridized carbons (Fsp3) is 0.360. The monoisotopic (exact) mass is 488 g/mol. The van der Waals surface area contributed by atoms with Gasteiger partial charge in [0.25, 0.3) is 0 Å². The van der Waals surface area contributed by atoms with E-state index in [0.717, 1.165) is 4.47 Å². The zero-order valence-corrected chi connectivity index (χ0v) is 19.4. The largest absolute Gasteiger partial charge is 0.457 e. The van der Waals surface area contributed by atoms with Crippen molar-refractivity contribution in [2.75, 3.05) is 0 Å². The van der Waals surface area contributed by atoms with Gasteiger partial charge in [0, 0.05) is 23.2 Å². The van der Waals surface area contributed by atoms with Crippen molar-refractivity contribution in [3.63, 3.8) is 0 Å². The number of alkyl halides is 1. The molecule has 3 atom stereocenters. The first kappa shape index (κ1) is 23.4. The summed E-state index contributed by atoms with van der Waals surface area (Å²) in [5.74, 6) is -2.68. The van der Waals surface area contributed by atoms with Gasteiger partial charge in [-0.3, -0.25) is 4.79 Å². The normalized spacial score (nSPS) is 26.8. The van der Waals surface area contributed by atoms with E-state index < -0.39 is 35.2 Å². The Balaban J connectivity index is 2.13. The summed E-state index contributed by atoms with van der Waals surface area (Å²) >= 11 is 3.37. The Hall–Kier alpha value is -2.31. The minimum atomic E-state index is -2.85. The van der Waals surface area contributed by atoms with E-state index in [1.807, 2.05) is 6.07 Å². The quantitative estimate of drug-likeness (QED) is 0.585. The Morgan fingerprint density at radius 2 is 1.87 bits per heavy atom. The molecule has 1 N–H and O–H groups in total. The van der Waals surface area contributed by atoms with E-state index in [0.29, 0.717) is 11.1 Å². The molecule has 3 rings (SSSR count). The first-order chi connectivity index (χ1) is 14.4. The topological polar surface area (TPSA) is 63.6 Å². The summed E-state index contributed by atoms with van der Waals surface area (Å²) in [5.41, 5.74) is -5.04. The maximum absolute atomic E-state index is 16.9. The zero-order chi connectivity index (χ0) is 22.9. The van der Waals surface area contributed by atoms with E-state index >= 15 is 4.39 Å². The van der Waals surface area contributed by atoms with E-state index in [9.17, 15) is 14.7 Å². The lowest BCUT2D eigenvalue weighted by molar-refractivity contribution is -0.194. The summed E-state index contributed by atoms with van der Waals surface area (Å²) in [6, 6.07) is 15.7. The molecule has 1 aliphatic carbocycles. The van der Waals surface area contributed by atoms with E-state index in [2.05, 4.69) is 15.9 Å². The lowest BCUT2D eigenvalue weighted by Crippen LogP contribution is -2.63. The van der Waals surface area contributed by atoms with E-state index in [4.69, 9.17) is 4.74 Å². The molecule has 2 aromatic rings. The van der Waals surface area contributed by atoms with Crippen LogP contribution in [0, 0.1) is 0 Å². The summed E-state index contributed by atoms with van der Waals surface area (Å²) in [4.78, 5) is 25.8. The lowest BCUT2D eigenvalue weighted by Gasteiger charge is -2.46. The van der Waals surface area contributed by atoms with Crippen molar-refractivity contribution in [2.45, 2.75) is 56.4 Å². The smallest absolute Gasteiger partial charge is 0.348 e. The number of halogens is 2. The molecule has 0 aliphatic heterocycles. The Morgan fingerprint density at radius 3 is 2.48 bits per heavy atom. The third kappa shape index (κ3) is 4.96. The molecule has 1 fully saturated rings. The molecule has 0 heterocycles. The first-order valence-corrected chi connectivity index (χ1v) is 10.9. The average Bonchev–Trinajstić information content (AvgIpc) is 2.68. The number of hydrogen-bond donors (Lipinski definition) is 1. The number of carbonyl (C=O) groups excluding carboxylic acids is 2. The Bertz CT molecular complexity index is 998. The molecule has 2 aromatic carbocycles. The molecule has 0 spiro atoms. The summed E-state index contributed by atoms with van der Waals surface area (Å²) in [7, 11) is 0. The molecular formula is C25H26BrFO4. The van der Waals surface area contributed by atoms with Gasteiger partial charge in [-0.1, -0.05) is 64.5 Å². The molecule has 4 nitrogen and oxygen atoms in total. The second-order valence-corrected chi connectivity index (χ2v) is 9.82. The van der Waals surface area contributed by atoms with Gasteiger partial charge in [-0.15, -0.1) is 0 Å². The molecule has 0 saturated heterocycles. The van der Waals surface area contributed by atoms with Crippen molar-refractivity contribution in [3.05, 3.63) is 76.3 Å². The van der Waals surface area contributed by atoms with Gasteiger partial charge in [0.05, 0.1) is 0 Å². The average molecular weight is 489 g/mol. The molecule has 0 bridgehead atoms. The summed E-state index contributed by atoms with van der Waals surface area (Å²) in [6.07, 6.45) is 2.01. The van der Waals surface area contributed by atoms with Crippen LogP contribution in [0.4, 0.5) is 4.39 Å². The summed E-state index contributed by atoms with van der Waals surface area (Å²) in [5, 5.41) is 11.5. The standard InChI is InChI=1S/C25H26BrFO4/c1-23(2,3)31-22(29)25(27)21(18-9-5-4-6-10-18)15-20(28)16-24(25,30)13-12-17-8-7-11-19(26)14-17/h4-14,21,30H,15-16H2,1-3H3/b13-12+/t21-,24+,25-/m0/s1. The van der Waals surface area contributed by atoms with Crippen molar-refractivity contribution < 1.29 is 23.8 Å². The number of esters is 1. The van der Waals surface area contributed by atoms with Crippen molar-refractivity contribution in [1.29, 1.82) is 0 Å². The third-order valence-corrected chi connectivity index (χ3v) is 5.80. The van der Waals surface area contributed by atoms with Gasteiger partial charge < -0.3 is 9.84 Å². The third-order valence-electron chi connectivity index (χ3n) is 5.31. The highest BCUT2D eigenvalue weighted by Gasteiger charge is 2.66. The van der Waals surface area contributed by atoms with E-state index in [1.54, 1.807) is 69.3 Å². The second-order valence-electron chi connectivity index (χ2n) is 8.91. The minimum absolute atomic E-state index is 0.202. The van der Waals surface area contributed by atoms with Gasteiger partial charge in [0.1, 0.15) is 17.0 Å². The molecule has 0 unspecified atom stereocenters. The van der Waals surface area contributed by atoms with Crippen molar-refractivity contribution in [3.8, 4) is 0 Å². The fourth-order valence-corrected chi connectivity index (χ4v) is 4.32. The number of ketones is 1. The Morgan fingerprint density at radius 1 is 1.19 bits per heavy atom. The van der Waals surface area contributed by atoms with Crippen LogP contribution in [0.2, 0.25) is 0 Å². The van der Waals surface area contributed by atoms with Crippen LogP contribution in [-0.2, 0) is 14.3 Å². The zero-order valence-electron chi connectivity index (χ0n) is 17.8. The number of benzene rings is 2. The molecule has 31 heavy (non-hydrogen) atoms. The van der Waals surface area contributed by atoms with Crippen LogP contribution >= 0.6 is 15.9 Å². The van der Waals surface area contributed by atoms with Gasteiger partial charge in [-0.2, -0.15) is 0 Å². The molecule has 0 amide bonds. The highest BCUT2D eigenvalue weighted by molar-refractivity contribution is 9.10. The maximum atomic E-state index is 16.9. The molecule has 6 heteroatoms. The van der Waals surface area contributed by atoms with Gasteiger partial charge in [-0.25, -0.2) is 9.18 Å². The van der Waals surface area contributed by atoms with E-state index in [-0.39, 0.29) is 12.2 Å². The molecule has 1 saturated carbocycles. The van der Waals surface area contributed by atoms with Crippen LogP contribution in [-0.4, -0.2) is 33.7 Å². The molecule has 164 valence electrons. The lowest BCUT2D eigenvalue weighted by atomic mass is 9.63.